The van der Waals surface area contributed by atoms with E-state index in [1.165, 1.54) is 0 Å². The summed E-state index contributed by atoms with van der Waals surface area (Å²) in [6, 6.07) is 5.70. The predicted molar refractivity (Wildman–Crippen MR) is 58.2 cm³/mol. The van der Waals surface area contributed by atoms with E-state index >= 15 is 0 Å². The van der Waals surface area contributed by atoms with Gasteiger partial charge in [-0.2, -0.15) is 5.26 Å². The highest BCUT2D eigenvalue weighted by Gasteiger charge is 2.17. The van der Waals surface area contributed by atoms with E-state index < -0.39 is 0 Å². The Morgan fingerprint density at radius 2 is 1.73 bits per heavy atom. The van der Waals surface area contributed by atoms with Gasteiger partial charge in [0.05, 0.1) is 5.56 Å². The van der Waals surface area contributed by atoms with Crippen LogP contribution < -0.4 is 9.47 Å². The van der Waals surface area contributed by atoms with Crippen LogP contribution in [0.15, 0.2) is 12.1 Å². The molecule has 2 rings (SSSR count). The number of nitriles is 1. The normalized spacial score (nSPS) is 12.1. The highest BCUT2D eigenvalue weighted by Crippen LogP contribution is 2.36. The second-order valence-corrected chi connectivity index (χ2v) is 2.90. The molecular weight excluding hydrogens is 190 g/mol. The molecule has 0 unspecified atom stereocenters. The molecule has 3 heteroatoms. The number of fused-ring (bicyclic) bond motifs is 1. The highest BCUT2D eigenvalue weighted by molar-refractivity contribution is 5.56. The number of benzene rings is 1. The van der Waals surface area contributed by atoms with Gasteiger partial charge in [-0.15, -0.1) is 0 Å². The maximum Gasteiger partial charge on any atom is 0.179 e. The zero-order valence-corrected chi connectivity index (χ0v) is 9.33. The maximum atomic E-state index is 8.80. The fourth-order valence-corrected chi connectivity index (χ4v) is 1.36. The molecule has 1 aromatic carbocycles. The quantitative estimate of drug-likeness (QED) is 0.654. The molecule has 0 radical (unpaired) electrons. The second kappa shape index (κ2) is 5.26. The molecule has 3 nitrogen and oxygen atoms in total. The number of hydrogen-bond donors (Lipinski definition) is 0. The lowest BCUT2D eigenvalue weighted by Crippen LogP contribution is -2.16. The van der Waals surface area contributed by atoms with Crippen molar-refractivity contribution < 1.29 is 9.47 Å². The van der Waals surface area contributed by atoms with E-state index in [2.05, 4.69) is 6.07 Å². The van der Waals surface area contributed by atoms with Gasteiger partial charge in [-0.3, -0.25) is 0 Å². The fraction of sp³-hybridized carbons (Fsp3) is 0.417. The first-order chi connectivity index (χ1) is 7.33. The Labute approximate surface area is 90.2 Å². The van der Waals surface area contributed by atoms with Gasteiger partial charge in [0.15, 0.2) is 11.5 Å². The molecular formula is C12H15NO2. The first-order valence-electron chi connectivity index (χ1n) is 5.12. The number of rotatable bonds is 0. The van der Waals surface area contributed by atoms with Crippen LogP contribution in [-0.4, -0.2) is 13.2 Å². The molecule has 15 heavy (non-hydrogen) atoms. The minimum atomic E-state index is 0.519. The molecule has 1 heterocycles. The van der Waals surface area contributed by atoms with Gasteiger partial charge in [-0.05, 0) is 18.6 Å². The molecule has 0 saturated carbocycles. The van der Waals surface area contributed by atoms with Gasteiger partial charge in [-0.1, -0.05) is 19.9 Å². The van der Waals surface area contributed by atoms with E-state index in [-0.39, 0.29) is 0 Å². The van der Waals surface area contributed by atoms with Crippen molar-refractivity contribution >= 4 is 0 Å². The van der Waals surface area contributed by atoms with Gasteiger partial charge in [0.2, 0.25) is 0 Å². The molecule has 0 atom stereocenters. The van der Waals surface area contributed by atoms with Gasteiger partial charge >= 0.3 is 0 Å². The maximum absolute atomic E-state index is 8.80. The number of ether oxygens (including phenoxy) is 2. The van der Waals surface area contributed by atoms with Crippen molar-refractivity contribution in [2.45, 2.75) is 20.8 Å². The van der Waals surface area contributed by atoms with Crippen molar-refractivity contribution in [2.24, 2.45) is 0 Å². The lowest BCUT2D eigenvalue weighted by atomic mass is 10.1. The summed E-state index contributed by atoms with van der Waals surface area (Å²) in [6.45, 7) is 7.02. The molecule has 1 aliphatic rings. The molecule has 0 aliphatic carbocycles. The summed E-state index contributed by atoms with van der Waals surface area (Å²) >= 11 is 0. The molecule has 0 amide bonds. The Bertz CT molecular complexity index is 380. The Morgan fingerprint density at radius 3 is 2.33 bits per heavy atom. The summed E-state index contributed by atoms with van der Waals surface area (Å²) in [4.78, 5) is 0. The van der Waals surface area contributed by atoms with E-state index in [0.29, 0.717) is 30.3 Å². The average molecular weight is 205 g/mol. The Kier molecular flexibility index (Phi) is 3.99. The molecule has 1 aliphatic heterocycles. The van der Waals surface area contributed by atoms with Crippen LogP contribution in [0.3, 0.4) is 0 Å². The summed E-state index contributed by atoms with van der Waals surface area (Å²) in [6.07, 6.45) is 0. The summed E-state index contributed by atoms with van der Waals surface area (Å²) in [7, 11) is 0. The lowest BCUT2D eigenvalue weighted by molar-refractivity contribution is 0.170. The number of hydrogen-bond acceptors (Lipinski definition) is 3. The van der Waals surface area contributed by atoms with E-state index in [0.717, 1.165) is 5.56 Å². The van der Waals surface area contributed by atoms with Crippen LogP contribution in [-0.2, 0) is 0 Å². The molecule has 0 fully saturated rings. The van der Waals surface area contributed by atoms with Crippen LogP contribution in [0.4, 0.5) is 0 Å². The summed E-state index contributed by atoms with van der Waals surface area (Å²) in [5, 5.41) is 8.80. The molecule has 0 spiro atoms. The molecule has 0 N–H and O–H groups in total. The van der Waals surface area contributed by atoms with Crippen LogP contribution >= 0.6 is 0 Å². The standard InChI is InChI=1S/C10H9NO2.C2H6/c1-7-2-3-8(6-11)10-9(7)12-4-5-13-10;1-2/h2-3H,4-5H2,1H3;1-2H3. The first kappa shape index (κ1) is 11.4. The SMILES string of the molecule is CC.Cc1ccc(C#N)c2c1OCCO2. The van der Waals surface area contributed by atoms with Crippen LogP contribution in [0.25, 0.3) is 0 Å². The van der Waals surface area contributed by atoms with Crippen LogP contribution in [0.5, 0.6) is 11.5 Å². The van der Waals surface area contributed by atoms with Gasteiger partial charge in [0.1, 0.15) is 19.3 Å². The molecule has 0 saturated heterocycles. The third kappa shape index (κ3) is 2.21. The van der Waals surface area contributed by atoms with Gasteiger partial charge in [-0.25, -0.2) is 0 Å². The van der Waals surface area contributed by atoms with Crippen LogP contribution in [0.2, 0.25) is 0 Å². The molecule has 1 aromatic rings. The average Bonchev–Trinajstić information content (AvgIpc) is 2.33. The largest absolute Gasteiger partial charge is 0.486 e. The first-order valence-corrected chi connectivity index (χ1v) is 5.12. The number of nitrogens with zero attached hydrogens (tertiary/aromatic N) is 1. The third-order valence-electron chi connectivity index (χ3n) is 2.01. The lowest BCUT2D eigenvalue weighted by Gasteiger charge is -2.20. The fourth-order valence-electron chi connectivity index (χ4n) is 1.36. The molecule has 80 valence electrons. The van der Waals surface area contributed by atoms with Crippen LogP contribution in [0, 0.1) is 18.3 Å². The summed E-state index contributed by atoms with van der Waals surface area (Å²) in [5.41, 5.74) is 1.55. The minimum absolute atomic E-state index is 0.519. The molecule has 0 bridgehead atoms. The van der Waals surface area contributed by atoms with Crippen molar-refractivity contribution in [3.63, 3.8) is 0 Å². The highest BCUT2D eigenvalue weighted by atomic mass is 16.6. The zero-order valence-electron chi connectivity index (χ0n) is 9.33. The second-order valence-electron chi connectivity index (χ2n) is 2.90. The van der Waals surface area contributed by atoms with E-state index in [1.54, 1.807) is 6.07 Å². The summed E-state index contributed by atoms with van der Waals surface area (Å²) in [5.74, 6) is 1.30. The van der Waals surface area contributed by atoms with Crippen LogP contribution in [0.1, 0.15) is 25.0 Å². The smallest absolute Gasteiger partial charge is 0.179 e. The van der Waals surface area contributed by atoms with Crippen molar-refractivity contribution in [3.05, 3.63) is 23.3 Å². The Morgan fingerprint density at radius 1 is 1.13 bits per heavy atom. The topological polar surface area (TPSA) is 42.2 Å². The van der Waals surface area contributed by atoms with E-state index in [9.17, 15) is 0 Å². The van der Waals surface area contributed by atoms with Gasteiger partial charge < -0.3 is 9.47 Å². The third-order valence-corrected chi connectivity index (χ3v) is 2.01. The zero-order chi connectivity index (χ0) is 11.3. The Balaban J connectivity index is 0.000000531. The minimum Gasteiger partial charge on any atom is -0.486 e. The van der Waals surface area contributed by atoms with Gasteiger partial charge in [0.25, 0.3) is 0 Å². The van der Waals surface area contributed by atoms with E-state index in [4.69, 9.17) is 14.7 Å². The van der Waals surface area contributed by atoms with Crippen molar-refractivity contribution in [1.29, 1.82) is 5.26 Å². The van der Waals surface area contributed by atoms with Crippen molar-refractivity contribution in [3.8, 4) is 17.6 Å². The van der Waals surface area contributed by atoms with Crippen molar-refractivity contribution in [2.75, 3.05) is 13.2 Å². The summed E-state index contributed by atoms with van der Waals surface area (Å²) < 4.78 is 10.8. The number of aryl methyl sites for hydroxylation is 1. The van der Waals surface area contributed by atoms with E-state index in [1.807, 2.05) is 26.8 Å². The molecule has 0 aromatic heterocycles. The predicted octanol–water partition coefficient (Wildman–Crippen LogP) is 2.66. The Hall–Kier alpha value is -1.69. The van der Waals surface area contributed by atoms with Gasteiger partial charge in [0, 0.05) is 0 Å². The van der Waals surface area contributed by atoms with Crippen molar-refractivity contribution in [1.82, 2.24) is 0 Å². The monoisotopic (exact) mass is 205 g/mol.